The first-order valence-corrected chi connectivity index (χ1v) is 16.5. The molecule has 1 fully saturated rings. The molecule has 5 N–H and O–H groups in total. The van der Waals surface area contributed by atoms with Gasteiger partial charge in [0.1, 0.15) is 28.6 Å². The maximum absolute atomic E-state index is 14.3. The zero-order valence-corrected chi connectivity index (χ0v) is 29.1. The van der Waals surface area contributed by atoms with Crippen molar-refractivity contribution in [2.75, 3.05) is 6.54 Å². The zero-order chi connectivity index (χ0) is 35.5. The fourth-order valence-electron chi connectivity index (χ4n) is 5.56. The molecule has 3 aromatic rings. The molecule has 0 aliphatic carbocycles. The molecule has 0 bridgehead atoms. The number of aromatic nitrogens is 4. The van der Waals surface area contributed by atoms with Gasteiger partial charge in [0.2, 0.25) is 23.5 Å². The Bertz CT molecular complexity index is 1740. The number of hydrogen-bond acceptors (Lipinski definition) is 10. The summed E-state index contributed by atoms with van der Waals surface area (Å²) >= 11 is 1.39. The molecule has 0 aromatic carbocycles. The van der Waals surface area contributed by atoms with Crippen LogP contribution in [0.3, 0.4) is 0 Å². The molecule has 3 aromatic heterocycles. The number of primary amides is 1. The number of ether oxygens (including phenoxy) is 1. The largest absolute Gasteiger partial charge is 0.471 e. The van der Waals surface area contributed by atoms with E-state index in [1.54, 1.807) is 46.3 Å². The summed E-state index contributed by atoms with van der Waals surface area (Å²) in [5.41, 5.74) is 6.99. The van der Waals surface area contributed by atoms with Crippen LogP contribution in [-0.4, -0.2) is 85.0 Å². The molecule has 0 unspecified atom stereocenters. The molecule has 0 spiro atoms. The van der Waals surface area contributed by atoms with Crippen LogP contribution in [0.1, 0.15) is 59.6 Å². The third-order valence-electron chi connectivity index (χ3n) is 7.80. The Morgan fingerprint density at radius 3 is 2.48 bits per heavy atom. The number of urea groups is 1. The molecular weight excluding hydrogens is 638 g/mol. The third kappa shape index (κ3) is 8.16. The smallest absolute Gasteiger partial charge is 0.319 e. The van der Waals surface area contributed by atoms with E-state index in [1.807, 2.05) is 24.4 Å². The normalized spacial score (nSPS) is 17.4. The van der Waals surface area contributed by atoms with Gasteiger partial charge in [-0.25, -0.2) is 9.78 Å². The number of allylic oxidation sites excluding steroid dienone is 1. The van der Waals surface area contributed by atoms with Crippen molar-refractivity contribution in [2.24, 2.45) is 18.2 Å². The number of aryl methyl sites for hydroxylation is 2. The fraction of sp³-hybridized carbons (Fsp3) is 0.500. The Labute approximate surface area is 282 Å². The first kappa shape index (κ1) is 36.0. The first-order chi connectivity index (χ1) is 22.5. The van der Waals surface area contributed by atoms with Crippen LogP contribution in [0.2, 0.25) is 0 Å². The topological polar surface area (TPSA) is 204 Å². The summed E-state index contributed by atoms with van der Waals surface area (Å²) in [6.45, 7) is 14.3. The fourth-order valence-corrected chi connectivity index (χ4v) is 6.32. The highest BCUT2D eigenvalue weighted by molar-refractivity contribution is 7.17. The number of ketones is 1. The number of likely N-dealkylation sites (tertiary alicyclic amines) is 1. The van der Waals surface area contributed by atoms with Crippen LogP contribution >= 0.6 is 11.3 Å². The monoisotopic (exact) mass is 681 g/mol. The van der Waals surface area contributed by atoms with Crippen LogP contribution in [0.4, 0.5) is 4.79 Å². The number of Topliss-reactive ketones (excluding diaryl/α,β-unsaturated/α-hetero) is 1. The van der Waals surface area contributed by atoms with Crippen molar-refractivity contribution in [3.63, 3.8) is 0 Å². The van der Waals surface area contributed by atoms with Crippen LogP contribution in [0, 0.1) is 12.3 Å². The minimum absolute atomic E-state index is 0.0348. The number of carbonyl (C=O) groups excluding carboxylic acids is 5. The lowest BCUT2D eigenvalue weighted by molar-refractivity contribution is -0.143. The average Bonchev–Trinajstić information content (AvgIpc) is 3.72. The minimum atomic E-state index is -1.17. The minimum Gasteiger partial charge on any atom is -0.471 e. The zero-order valence-electron chi connectivity index (χ0n) is 28.2. The number of carbonyl (C=O) groups is 5. The Morgan fingerprint density at radius 1 is 1.19 bits per heavy atom. The molecule has 4 heterocycles. The van der Waals surface area contributed by atoms with Crippen molar-refractivity contribution < 1.29 is 28.7 Å². The second-order valence-corrected chi connectivity index (χ2v) is 13.9. The van der Waals surface area contributed by atoms with Crippen molar-refractivity contribution >= 4 is 51.1 Å². The Morgan fingerprint density at radius 2 is 1.90 bits per heavy atom. The van der Waals surface area contributed by atoms with Gasteiger partial charge in [0, 0.05) is 19.2 Å². The van der Waals surface area contributed by atoms with Gasteiger partial charge < -0.3 is 31.3 Å². The molecular formula is C32H43N9O6S. The van der Waals surface area contributed by atoms with E-state index in [2.05, 4.69) is 32.6 Å². The number of nitrogens with zero attached hydrogens (tertiary/aromatic N) is 5. The van der Waals surface area contributed by atoms with Crippen molar-refractivity contribution in [2.45, 2.75) is 85.0 Å². The van der Waals surface area contributed by atoms with E-state index in [0.717, 1.165) is 5.69 Å². The third-order valence-corrected chi connectivity index (χ3v) is 8.69. The van der Waals surface area contributed by atoms with E-state index in [-0.39, 0.29) is 25.3 Å². The number of nitrogens with one attached hydrogen (secondary N) is 3. The number of nitrogens with two attached hydrogens (primary N) is 1. The second kappa shape index (κ2) is 14.5. The predicted octanol–water partition coefficient (Wildman–Crippen LogP) is 2.34. The van der Waals surface area contributed by atoms with Crippen LogP contribution in [0.5, 0.6) is 5.88 Å². The molecule has 16 heteroatoms. The lowest BCUT2D eigenvalue weighted by Gasteiger charge is -2.35. The lowest BCUT2D eigenvalue weighted by atomic mass is 9.85. The molecule has 15 nitrogen and oxygen atoms in total. The van der Waals surface area contributed by atoms with Gasteiger partial charge in [-0.3, -0.25) is 23.9 Å². The molecule has 258 valence electrons. The van der Waals surface area contributed by atoms with E-state index in [9.17, 15) is 24.0 Å². The number of hydrogen-bond donors (Lipinski definition) is 4. The van der Waals surface area contributed by atoms with Crippen molar-refractivity contribution in [3.05, 3.63) is 35.5 Å². The summed E-state index contributed by atoms with van der Waals surface area (Å²) in [5.74, 6) is -2.62. The summed E-state index contributed by atoms with van der Waals surface area (Å²) in [7, 11) is 1.79. The lowest BCUT2D eigenvalue weighted by Crippen LogP contribution is -2.59. The van der Waals surface area contributed by atoms with E-state index in [4.69, 9.17) is 15.5 Å². The molecule has 4 rings (SSSR count). The standard InChI is InChI=1S/C32H43N9O6S/c1-9-10-19(23(42)26(33)43)36-28(44)22-14-18(15-41(22)30(45)25(32(5,6)7)37-31(46)34-16(2)3)47-29-24-20(11-12-48-24)35-27(38-29)21-13-17(4)39-40(21)8/h11-13,18-19,22,25H,2,9-10,14-15H2,1,3-8H3,(H2,33,43)(H,36,44)(H2,34,37,46)/t18-,19+,22+,25-/m1/s1. The van der Waals surface area contributed by atoms with E-state index >= 15 is 0 Å². The van der Waals surface area contributed by atoms with Gasteiger partial charge in [0.05, 0.1) is 23.8 Å². The van der Waals surface area contributed by atoms with E-state index < -0.39 is 59.2 Å². The highest BCUT2D eigenvalue weighted by Crippen LogP contribution is 2.34. The molecule has 0 saturated carbocycles. The van der Waals surface area contributed by atoms with E-state index in [0.29, 0.717) is 33.9 Å². The second-order valence-electron chi connectivity index (χ2n) is 13.0. The summed E-state index contributed by atoms with van der Waals surface area (Å²) < 4.78 is 8.82. The number of rotatable bonds is 12. The van der Waals surface area contributed by atoms with Gasteiger partial charge in [-0.15, -0.1) is 11.3 Å². The first-order valence-electron chi connectivity index (χ1n) is 15.6. The van der Waals surface area contributed by atoms with Gasteiger partial charge in [0.25, 0.3) is 5.91 Å². The van der Waals surface area contributed by atoms with Crippen LogP contribution in [0.15, 0.2) is 29.8 Å². The highest BCUT2D eigenvalue weighted by atomic mass is 32.1. The van der Waals surface area contributed by atoms with Crippen molar-refractivity contribution in [1.82, 2.24) is 40.6 Å². The highest BCUT2D eigenvalue weighted by Gasteiger charge is 2.46. The quantitative estimate of drug-likeness (QED) is 0.207. The summed E-state index contributed by atoms with van der Waals surface area (Å²) in [4.78, 5) is 75.9. The Hall–Kier alpha value is -4.86. The van der Waals surface area contributed by atoms with Crippen LogP contribution in [-0.2, 0) is 26.2 Å². The molecule has 1 saturated heterocycles. The molecule has 5 amide bonds. The molecule has 4 atom stereocenters. The maximum Gasteiger partial charge on any atom is 0.319 e. The molecule has 1 aliphatic rings. The summed E-state index contributed by atoms with van der Waals surface area (Å²) in [6.07, 6.45) is -0.0191. The molecule has 1 aliphatic heterocycles. The Balaban J connectivity index is 1.70. The molecule has 48 heavy (non-hydrogen) atoms. The van der Waals surface area contributed by atoms with Gasteiger partial charge >= 0.3 is 6.03 Å². The molecule has 0 radical (unpaired) electrons. The van der Waals surface area contributed by atoms with E-state index in [1.165, 1.54) is 16.2 Å². The van der Waals surface area contributed by atoms with Gasteiger partial charge in [0.15, 0.2) is 5.82 Å². The van der Waals surface area contributed by atoms with Gasteiger partial charge in [-0.2, -0.15) is 10.1 Å². The van der Waals surface area contributed by atoms with Crippen molar-refractivity contribution in [1.29, 1.82) is 0 Å². The Kier molecular flexibility index (Phi) is 10.9. The van der Waals surface area contributed by atoms with Crippen LogP contribution in [0.25, 0.3) is 21.7 Å². The number of fused-ring (bicyclic) bond motifs is 1. The average molecular weight is 682 g/mol. The predicted molar refractivity (Wildman–Crippen MR) is 180 cm³/mol. The summed E-state index contributed by atoms with van der Waals surface area (Å²) in [5, 5.41) is 14.2. The van der Waals surface area contributed by atoms with Gasteiger partial charge in [-0.1, -0.05) is 40.7 Å². The number of amides is 5. The van der Waals surface area contributed by atoms with Crippen LogP contribution < -0.4 is 26.4 Å². The maximum atomic E-state index is 14.3. The number of thiophene rings is 1. The van der Waals surface area contributed by atoms with Crippen molar-refractivity contribution in [3.8, 4) is 17.4 Å². The SMILES string of the molecule is C=C(C)NC(=O)N[C@H](C(=O)N1C[C@H](Oc2nc(-c3cc(C)nn3C)nc3ccsc23)C[C@H]1C(=O)N[C@@H](CCC)C(=O)C(N)=O)C(C)(C)C. The summed E-state index contributed by atoms with van der Waals surface area (Å²) in [6, 6.07) is -0.255. The van der Waals surface area contributed by atoms with Gasteiger partial charge in [-0.05, 0) is 43.2 Å².